The molecule has 1 saturated heterocycles. The van der Waals surface area contributed by atoms with E-state index in [1.807, 2.05) is 0 Å². The predicted molar refractivity (Wildman–Crippen MR) is 161 cm³/mol. The summed E-state index contributed by atoms with van der Waals surface area (Å²) in [6.45, 7) is 8.69. The number of nitrogens with zero attached hydrogens (tertiary/aromatic N) is 4. The van der Waals surface area contributed by atoms with E-state index in [2.05, 4.69) is 20.0 Å². The van der Waals surface area contributed by atoms with Gasteiger partial charge in [0.15, 0.2) is 23.5 Å². The topological polar surface area (TPSA) is 203 Å². The summed E-state index contributed by atoms with van der Waals surface area (Å²) in [6.07, 6.45) is -4.72. The summed E-state index contributed by atoms with van der Waals surface area (Å²) in [5, 5.41) is 25.1. The molecule has 0 spiro atoms. The minimum atomic E-state index is -4.61. The lowest BCUT2D eigenvalue weighted by Crippen LogP contribution is -2.44. The van der Waals surface area contributed by atoms with Gasteiger partial charge in [0.1, 0.15) is 29.7 Å². The third kappa shape index (κ3) is 7.72. The molecular weight excluding hydrogens is 625 g/mol. The van der Waals surface area contributed by atoms with Gasteiger partial charge in [0.05, 0.1) is 32.8 Å². The Balaban J connectivity index is 1.63. The number of aliphatic hydroxyl groups is 2. The Bertz CT molecular complexity index is 1570. The molecule has 252 valence electrons. The van der Waals surface area contributed by atoms with Gasteiger partial charge in [-0.25, -0.2) is 24.4 Å². The molecule has 3 heterocycles. The van der Waals surface area contributed by atoms with Gasteiger partial charge in [-0.2, -0.15) is 4.98 Å². The van der Waals surface area contributed by atoms with E-state index in [1.54, 1.807) is 58.0 Å². The highest BCUT2D eigenvalue weighted by atomic mass is 31.2. The Morgan fingerprint density at radius 3 is 2.50 bits per heavy atom. The van der Waals surface area contributed by atoms with Gasteiger partial charge in [-0.05, 0) is 47.1 Å². The van der Waals surface area contributed by atoms with Crippen molar-refractivity contribution >= 4 is 30.8 Å². The molecule has 2 unspecified atom stereocenters. The summed E-state index contributed by atoms with van der Waals surface area (Å²) in [4.78, 5) is 38.5. The van der Waals surface area contributed by atoms with Crippen LogP contribution >= 0.6 is 7.75 Å². The first-order valence-corrected chi connectivity index (χ1v) is 16.2. The van der Waals surface area contributed by atoms with Crippen molar-refractivity contribution in [2.24, 2.45) is 0 Å². The molecule has 1 fully saturated rings. The second-order valence-electron chi connectivity index (χ2n) is 11.1. The highest BCUT2D eigenvalue weighted by Gasteiger charge is 2.54. The highest BCUT2D eigenvalue weighted by Crippen LogP contribution is 2.50. The number of methoxy groups -OCH3 is 1. The number of carbonyl (C=O) groups is 2. The van der Waals surface area contributed by atoms with E-state index in [0.717, 1.165) is 0 Å². The first kappa shape index (κ1) is 35.4. The second-order valence-corrected chi connectivity index (χ2v) is 12.8. The van der Waals surface area contributed by atoms with Crippen LogP contribution in [-0.4, -0.2) is 91.9 Å². The number of hydrogen-bond donors (Lipinski definition) is 3. The van der Waals surface area contributed by atoms with Crippen molar-refractivity contribution in [1.29, 1.82) is 0 Å². The maximum Gasteiger partial charge on any atom is 0.407 e. The first-order valence-electron chi connectivity index (χ1n) is 14.6. The van der Waals surface area contributed by atoms with Crippen LogP contribution in [0.2, 0.25) is 0 Å². The Kier molecular flexibility index (Phi) is 11.2. The van der Waals surface area contributed by atoms with Crippen molar-refractivity contribution in [2.75, 3.05) is 20.3 Å². The quantitative estimate of drug-likeness (QED) is 0.167. The number of nitrogens with one attached hydrogen (secondary N) is 1. The standard InChI is InChI=1S/C29H40N5O11P/c1-8-41-27(37)22(19-12-10-9-11-13-19)45-46(39,33-17(4)26(36)43-16(2)3)42-14-20-23(35)29(6,38)28(44-20)34-15-30-21-24(34)31-18(5)32-25(21)40-7/h9-13,15-17,20,22-23,28,35,38H,8,14H2,1-7H3,(H,33,39)/t17-,20+,22-,23?,28+,29-,46?/m0/s1. The van der Waals surface area contributed by atoms with Gasteiger partial charge >= 0.3 is 19.7 Å². The third-order valence-electron chi connectivity index (χ3n) is 7.01. The number of rotatable bonds is 14. The number of esters is 2. The number of aryl methyl sites for hydroxylation is 1. The van der Waals surface area contributed by atoms with Gasteiger partial charge in [0.25, 0.3) is 0 Å². The van der Waals surface area contributed by atoms with Gasteiger partial charge < -0.3 is 29.2 Å². The van der Waals surface area contributed by atoms with Crippen LogP contribution in [0.4, 0.5) is 0 Å². The number of aromatic nitrogens is 4. The van der Waals surface area contributed by atoms with Gasteiger partial charge in [-0.15, -0.1) is 0 Å². The zero-order chi connectivity index (χ0) is 33.8. The van der Waals surface area contributed by atoms with E-state index in [9.17, 15) is 24.4 Å². The molecule has 0 saturated carbocycles. The molecule has 1 aromatic carbocycles. The SMILES string of the molecule is CCOC(=O)[C@@H](OP(=O)(N[C@@H](C)C(=O)OC(C)C)OC[C@H]1O[C@@H](n2cnc3c(OC)nc(C)nc32)[C@@](C)(O)C1O)c1ccccc1. The Morgan fingerprint density at radius 2 is 1.87 bits per heavy atom. The number of fused-ring (bicyclic) bond motifs is 1. The smallest absolute Gasteiger partial charge is 0.407 e. The van der Waals surface area contributed by atoms with Gasteiger partial charge in [-0.3, -0.25) is 18.4 Å². The predicted octanol–water partition coefficient (Wildman–Crippen LogP) is 2.53. The molecule has 0 bridgehead atoms. The molecular formula is C29H40N5O11P. The number of benzene rings is 1. The normalized spacial score (nSPS) is 24.0. The molecule has 1 aliphatic rings. The van der Waals surface area contributed by atoms with Crippen molar-refractivity contribution < 1.29 is 52.4 Å². The minimum Gasteiger partial charge on any atom is -0.479 e. The summed E-state index contributed by atoms with van der Waals surface area (Å²) < 4.78 is 49.0. The average molecular weight is 666 g/mol. The van der Waals surface area contributed by atoms with E-state index in [1.165, 1.54) is 31.9 Å². The molecule has 46 heavy (non-hydrogen) atoms. The van der Waals surface area contributed by atoms with Gasteiger partial charge in [-0.1, -0.05) is 30.3 Å². The molecule has 7 atom stereocenters. The van der Waals surface area contributed by atoms with Crippen molar-refractivity contribution in [3.8, 4) is 5.88 Å². The van der Waals surface area contributed by atoms with E-state index >= 15 is 0 Å². The zero-order valence-electron chi connectivity index (χ0n) is 26.6. The number of imidazole rings is 1. The lowest BCUT2D eigenvalue weighted by atomic mass is 9.96. The van der Waals surface area contributed by atoms with Crippen LogP contribution in [-0.2, 0) is 37.4 Å². The fourth-order valence-electron chi connectivity index (χ4n) is 4.80. The molecule has 16 nitrogen and oxygen atoms in total. The number of aliphatic hydroxyl groups excluding tert-OH is 1. The van der Waals surface area contributed by atoms with E-state index in [-0.39, 0.29) is 18.1 Å². The number of hydrogen-bond acceptors (Lipinski definition) is 14. The van der Waals surface area contributed by atoms with Gasteiger partial charge in [0, 0.05) is 0 Å². The Labute approximate surface area is 265 Å². The van der Waals surface area contributed by atoms with Crippen molar-refractivity contribution in [3.63, 3.8) is 0 Å². The fraction of sp³-hybridized carbons (Fsp3) is 0.552. The van der Waals surface area contributed by atoms with Crippen LogP contribution in [0.1, 0.15) is 58.3 Å². The molecule has 0 amide bonds. The molecule has 1 aliphatic heterocycles. The van der Waals surface area contributed by atoms with Crippen LogP contribution in [0.5, 0.6) is 5.88 Å². The molecule has 4 rings (SSSR count). The summed E-state index contributed by atoms with van der Waals surface area (Å²) in [5.74, 6) is -1.03. The summed E-state index contributed by atoms with van der Waals surface area (Å²) in [6, 6.07) is 6.96. The number of ether oxygens (including phenoxy) is 4. The van der Waals surface area contributed by atoms with Crippen LogP contribution in [0, 0.1) is 6.92 Å². The van der Waals surface area contributed by atoms with Gasteiger partial charge in [0.2, 0.25) is 5.88 Å². The zero-order valence-corrected chi connectivity index (χ0v) is 27.5. The maximum atomic E-state index is 14.3. The van der Waals surface area contributed by atoms with E-state index in [4.69, 9.17) is 28.0 Å². The average Bonchev–Trinajstić information content (AvgIpc) is 3.51. The third-order valence-corrected chi connectivity index (χ3v) is 8.70. The summed E-state index contributed by atoms with van der Waals surface area (Å²) in [7, 11) is -3.18. The van der Waals surface area contributed by atoms with Crippen LogP contribution in [0.15, 0.2) is 36.7 Å². The molecule has 3 aromatic rings. The molecule has 3 N–H and O–H groups in total. The van der Waals surface area contributed by atoms with E-state index < -0.39 is 68.6 Å². The summed E-state index contributed by atoms with van der Waals surface area (Å²) >= 11 is 0. The van der Waals surface area contributed by atoms with Crippen molar-refractivity contribution in [1.82, 2.24) is 24.6 Å². The Morgan fingerprint density at radius 1 is 1.17 bits per heavy atom. The van der Waals surface area contributed by atoms with E-state index in [0.29, 0.717) is 16.9 Å². The lowest BCUT2D eigenvalue weighted by Gasteiger charge is -2.28. The number of carbonyl (C=O) groups excluding carboxylic acids is 2. The highest BCUT2D eigenvalue weighted by molar-refractivity contribution is 7.51. The van der Waals surface area contributed by atoms with Crippen LogP contribution in [0.3, 0.4) is 0 Å². The van der Waals surface area contributed by atoms with Crippen LogP contribution < -0.4 is 9.82 Å². The second kappa shape index (κ2) is 14.5. The van der Waals surface area contributed by atoms with Crippen LogP contribution in [0.25, 0.3) is 11.2 Å². The monoisotopic (exact) mass is 665 g/mol. The minimum absolute atomic E-state index is 0.0130. The first-order chi connectivity index (χ1) is 21.7. The largest absolute Gasteiger partial charge is 0.479 e. The maximum absolute atomic E-state index is 14.3. The molecule has 2 aromatic heterocycles. The molecule has 17 heteroatoms. The molecule has 0 aliphatic carbocycles. The summed E-state index contributed by atoms with van der Waals surface area (Å²) in [5.41, 5.74) is -1.03. The van der Waals surface area contributed by atoms with Crippen molar-refractivity contribution in [3.05, 3.63) is 48.0 Å². The van der Waals surface area contributed by atoms with Crippen molar-refractivity contribution in [2.45, 2.75) is 83.8 Å². The molecule has 0 radical (unpaired) electrons. The lowest BCUT2D eigenvalue weighted by molar-refractivity contribution is -0.152. The Hall–Kier alpha value is -3.50. The fourth-order valence-corrected chi connectivity index (χ4v) is 6.41.